The summed E-state index contributed by atoms with van der Waals surface area (Å²) in [7, 11) is -3.63. The van der Waals surface area contributed by atoms with E-state index in [0.717, 1.165) is 5.56 Å². The number of anilines is 1. The molecule has 1 N–H and O–H groups in total. The minimum absolute atomic E-state index is 0.110. The lowest BCUT2D eigenvalue weighted by atomic mass is 10.2. The molecule has 1 aliphatic heterocycles. The van der Waals surface area contributed by atoms with E-state index in [0.29, 0.717) is 24.7 Å². The Morgan fingerprint density at radius 1 is 1.23 bits per heavy atom. The highest BCUT2D eigenvalue weighted by molar-refractivity contribution is 7.92. The lowest BCUT2D eigenvalue weighted by Gasteiger charge is -2.14. The maximum absolute atomic E-state index is 12.4. The van der Waals surface area contributed by atoms with Gasteiger partial charge in [-0.1, -0.05) is 24.3 Å². The Kier molecular flexibility index (Phi) is 4.04. The van der Waals surface area contributed by atoms with Gasteiger partial charge in [-0.15, -0.1) is 0 Å². The standard InChI is InChI=1S/C16H17NO4S/c1-12-7-8-15(16(9-12)21-11-13-10-20-13)17-22(18,19)14-5-3-2-4-6-14/h2-9,13,17H,10-11H2,1H3. The van der Waals surface area contributed by atoms with Crippen molar-refractivity contribution in [2.75, 3.05) is 17.9 Å². The van der Waals surface area contributed by atoms with Crippen LogP contribution in [-0.2, 0) is 14.8 Å². The highest BCUT2D eigenvalue weighted by Gasteiger charge is 2.24. The molecule has 1 unspecified atom stereocenters. The second-order valence-electron chi connectivity index (χ2n) is 5.18. The summed E-state index contributed by atoms with van der Waals surface area (Å²) in [5.41, 5.74) is 1.42. The van der Waals surface area contributed by atoms with E-state index in [-0.39, 0.29) is 11.0 Å². The molecule has 22 heavy (non-hydrogen) atoms. The van der Waals surface area contributed by atoms with Gasteiger partial charge in [0.15, 0.2) is 0 Å². The van der Waals surface area contributed by atoms with Crippen molar-refractivity contribution >= 4 is 15.7 Å². The Bertz CT molecular complexity index is 755. The van der Waals surface area contributed by atoms with Gasteiger partial charge in [0.05, 0.1) is 17.2 Å². The number of epoxide rings is 1. The number of aryl methyl sites for hydroxylation is 1. The first-order valence-electron chi connectivity index (χ1n) is 6.97. The average molecular weight is 319 g/mol. The monoisotopic (exact) mass is 319 g/mol. The van der Waals surface area contributed by atoms with Crippen molar-refractivity contribution < 1.29 is 17.9 Å². The van der Waals surface area contributed by atoms with Crippen LogP contribution >= 0.6 is 0 Å². The third-order valence-corrected chi connectivity index (χ3v) is 4.64. The van der Waals surface area contributed by atoms with Crippen molar-refractivity contribution in [2.24, 2.45) is 0 Å². The van der Waals surface area contributed by atoms with Crippen molar-refractivity contribution in [3.05, 3.63) is 54.1 Å². The normalized spacial score (nSPS) is 17.0. The summed E-state index contributed by atoms with van der Waals surface area (Å²) in [5.74, 6) is 0.509. The van der Waals surface area contributed by atoms with E-state index in [2.05, 4.69) is 4.72 Å². The Morgan fingerprint density at radius 2 is 1.95 bits per heavy atom. The van der Waals surface area contributed by atoms with E-state index in [1.807, 2.05) is 19.1 Å². The predicted molar refractivity (Wildman–Crippen MR) is 83.7 cm³/mol. The molecule has 1 heterocycles. The first-order chi connectivity index (χ1) is 10.5. The van der Waals surface area contributed by atoms with E-state index < -0.39 is 10.0 Å². The number of rotatable bonds is 6. The third-order valence-electron chi connectivity index (χ3n) is 3.26. The molecule has 1 aliphatic rings. The molecule has 5 nitrogen and oxygen atoms in total. The van der Waals surface area contributed by atoms with Crippen LogP contribution in [0.1, 0.15) is 5.56 Å². The van der Waals surface area contributed by atoms with Gasteiger partial charge in [0.2, 0.25) is 0 Å². The average Bonchev–Trinajstić information content (AvgIpc) is 3.32. The Hall–Kier alpha value is -2.05. The quantitative estimate of drug-likeness (QED) is 0.831. The molecule has 0 bridgehead atoms. The largest absolute Gasteiger partial charge is 0.489 e. The molecule has 1 fully saturated rings. The first kappa shape index (κ1) is 14.9. The molecule has 2 aromatic carbocycles. The smallest absolute Gasteiger partial charge is 0.262 e. The fourth-order valence-corrected chi connectivity index (χ4v) is 3.08. The van der Waals surface area contributed by atoms with Crippen molar-refractivity contribution in [3.63, 3.8) is 0 Å². The van der Waals surface area contributed by atoms with Crippen LogP contribution in [-0.4, -0.2) is 27.7 Å². The third kappa shape index (κ3) is 3.58. The predicted octanol–water partition coefficient (Wildman–Crippen LogP) is 2.57. The minimum atomic E-state index is -3.63. The first-order valence-corrected chi connectivity index (χ1v) is 8.46. The zero-order valence-electron chi connectivity index (χ0n) is 12.2. The second-order valence-corrected chi connectivity index (χ2v) is 6.87. The van der Waals surface area contributed by atoms with Gasteiger partial charge in [-0.25, -0.2) is 8.42 Å². The summed E-state index contributed by atoms with van der Waals surface area (Å²) >= 11 is 0. The van der Waals surface area contributed by atoms with Crippen LogP contribution in [0.4, 0.5) is 5.69 Å². The molecule has 6 heteroatoms. The zero-order chi connectivity index (χ0) is 15.6. The van der Waals surface area contributed by atoms with Crippen LogP contribution in [0.5, 0.6) is 5.75 Å². The lowest BCUT2D eigenvalue weighted by molar-refractivity contribution is 0.264. The molecule has 1 saturated heterocycles. The van der Waals surface area contributed by atoms with E-state index in [1.54, 1.807) is 36.4 Å². The summed E-state index contributed by atoms with van der Waals surface area (Å²) in [6, 6.07) is 13.6. The van der Waals surface area contributed by atoms with Crippen LogP contribution in [0.15, 0.2) is 53.4 Å². The Morgan fingerprint density at radius 3 is 2.64 bits per heavy atom. The summed E-state index contributed by atoms with van der Waals surface area (Å²) < 4.78 is 38.2. The molecule has 0 spiro atoms. The van der Waals surface area contributed by atoms with Gasteiger partial charge in [0, 0.05) is 0 Å². The van der Waals surface area contributed by atoms with Gasteiger partial charge in [-0.05, 0) is 36.8 Å². The maximum Gasteiger partial charge on any atom is 0.262 e. The van der Waals surface area contributed by atoms with Crippen LogP contribution < -0.4 is 9.46 Å². The fraction of sp³-hybridized carbons (Fsp3) is 0.250. The lowest BCUT2D eigenvalue weighted by Crippen LogP contribution is -2.14. The molecular formula is C16H17NO4S. The second kappa shape index (κ2) is 5.98. The molecule has 2 aromatic rings. The minimum Gasteiger partial charge on any atom is -0.489 e. The van der Waals surface area contributed by atoms with Gasteiger partial charge in [0.25, 0.3) is 10.0 Å². The Balaban J connectivity index is 1.84. The number of benzene rings is 2. The number of hydrogen-bond donors (Lipinski definition) is 1. The maximum atomic E-state index is 12.4. The molecule has 0 aliphatic carbocycles. The number of hydrogen-bond acceptors (Lipinski definition) is 4. The van der Waals surface area contributed by atoms with Gasteiger partial charge in [0.1, 0.15) is 18.5 Å². The van der Waals surface area contributed by atoms with Crippen LogP contribution in [0, 0.1) is 6.92 Å². The van der Waals surface area contributed by atoms with E-state index in [9.17, 15) is 8.42 Å². The van der Waals surface area contributed by atoms with Crippen molar-refractivity contribution in [1.82, 2.24) is 0 Å². The molecule has 0 radical (unpaired) electrons. The van der Waals surface area contributed by atoms with Crippen molar-refractivity contribution in [3.8, 4) is 5.75 Å². The van der Waals surface area contributed by atoms with Crippen molar-refractivity contribution in [2.45, 2.75) is 17.9 Å². The van der Waals surface area contributed by atoms with Gasteiger partial charge in [-0.3, -0.25) is 4.72 Å². The highest BCUT2D eigenvalue weighted by atomic mass is 32.2. The molecule has 3 rings (SSSR count). The van der Waals surface area contributed by atoms with Crippen LogP contribution in [0.3, 0.4) is 0 Å². The Labute approximate surface area is 129 Å². The fourth-order valence-electron chi connectivity index (χ4n) is 1.98. The molecule has 0 aromatic heterocycles. The number of sulfonamides is 1. The molecular weight excluding hydrogens is 302 g/mol. The van der Waals surface area contributed by atoms with E-state index in [4.69, 9.17) is 9.47 Å². The van der Waals surface area contributed by atoms with Gasteiger partial charge >= 0.3 is 0 Å². The number of nitrogens with one attached hydrogen (secondary N) is 1. The molecule has 116 valence electrons. The van der Waals surface area contributed by atoms with Crippen molar-refractivity contribution in [1.29, 1.82) is 0 Å². The summed E-state index contributed by atoms with van der Waals surface area (Å²) in [6.45, 7) is 3.04. The molecule has 0 amide bonds. The topological polar surface area (TPSA) is 67.9 Å². The summed E-state index contributed by atoms with van der Waals surface area (Å²) in [4.78, 5) is 0.215. The molecule has 0 saturated carbocycles. The summed E-state index contributed by atoms with van der Waals surface area (Å²) in [6.07, 6.45) is 0.110. The highest BCUT2D eigenvalue weighted by Crippen LogP contribution is 2.29. The van der Waals surface area contributed by atoms with Crippen LogP contribution in [0.2, 0.25) is 0 Å². The van der Waals surface area contributed by atoms with Gasteiger partial charge < -0.3 is 9.47 Å². The van der Waals surface area contributed by atoms with Gasteiger partial charge in [-0.2, -0.15) is 0 Å². The molecule has 1 atom stereocenters. The van der Waals surface area contributed by atoms with Crippen LogP contribution in [0.25, 0.3) is 0 Å². The summed E-state index contributed by atoms with van der Waals surface area (Å²) in [5, 5.41) is 0. The zero-order valence-corrected chi connectivity index (χ0v) is 13.0. The number of ether oxygens (including phenoxy) is 2. The van der Waals surface area contributed by atoms with E-state index in [1.165, 1.54) is 0 Å². The van der Waals surface area contributed by atoms with E-state index >= 15 is 0 Å². The SMILES string of the molecule is Cc1ccc(NS(=O)(=O)c2ccccc2)c(OCC2CO2)c1.